The molecule has 0 spiro atoms. The van der Waals surface area contributed by atoms with Crippen LogP contribution in [-0.2, 0) is 21.4 Å². The van der Waals surface area contributed by atoms with Crippen LogP contribution in [0, 0.1) is 0 Å². The van der Waals surface area contributed by atoms with Crippen LogP contribution in [0.4, 0.5) is 0 Å². The number of aromatic nitrogens is 1. The molecule has 2 N–H and O–H groups in total. The number of nitrogens with one attached hydrogen (secondary N) is 1. The molecule has 1 saturated heterocycles. The van der Waals surface area contributed by atoms with E-state index in [4.69, 9.17) is 16.7 Å². The second-order valence-electron chi connectivity index (χ2n) is 7.58. The Hall–Kier alpha value is -2.26. The highest BCUT2D eigenvalue weighted by Gasteiger charge is 2.33. The largest absolute Gasteiger partial charge is 0.481 e. The van der Waals surface area contributed by atoms with Gasteiger partial charge in [-0.3, -0.25) is 14.7 Å². The normalized spacial score (nSPS) is 19.8. The summed E-state index contributed by atoms with van der Waals surface area (Å²) in [5.41, 5.74) is 1.05. The number of allylic oxidation sites excluding steroid dienone is 1. The molecule has 2 aromatic rings. The van der Waals surface area contributed by atoms with E-state index in [0.29, 0.717) is 37.4 Å². The van der Waals surface area contributed by atoms with Crippen molar-refractivity contribution in [3.05, 3.63) is 71.5 Å². The molecular formula is C22H26ClN3O4S. The van der Waals surface area contributed by atoms with Crippen molar-refractivity contribution < 1.29 is 18.3 Å². The third-order valence-corrected chi connectivity index (χ3v) is 6.91. The van der Waals surface area contributed by atoms with Gasteiger partial charge in [0.1, 0.15) is 0 Å². The molecule has 0 unspecified atom stereocenters. The summed E-state index contributed by atoms with van der Waals surface area (Å²) >= 11 is 5.87. The number of pyridine rings is 1. The summed E-state index contributed by atoms with van der Waals surface area (Å²) in [4.78, 5) is 17.2. The monoisotopic (exact) mass is 463 g/mol. The number of nitrogens with zero attached hydrogens (tertiary/aromatic N) is 2. The summed E-state index contributed by atoms with van der Waals surface area (Å²) in [5.74, 6) is -0.802. The lowest BCUT2D eigenvalue weighted by molar-refractivity contribution is -0.137. The van der Waals surface area contributed by atoms with Crippen LogP contribution in [0.5, 0.6) is 0 Å². The topological polar surface area (TPSA) is 99.6 Å². The molecule has 2 heterocycles. The van der Waals surface area contributed by atoms with Gasteiger partial charge in [0.2, 0.25) is 10.0 Å². The van der Waals surface area contributed by atoms with Crippen molar-refractivity contribution in [2.24, 2.45) is 0 Å². The summed E-state index contributed by atoms with van der Waals surface area (Å²) in [6.07, 6.45) is 9.57. The van der Waals surface area contributed by atoms with Crippen LogP contribution in [0.2, 0.25) is 5.02 Å². The molecule has 1 fully saturated rings. The predicted octanol–water partition coefficient (Wildman–Crippen LogP) is 3.47. The maximum absolute atomic E-state index is 12.8. The first-order valence-electron chi connectivity index (χ1n) is 10.1. The number of sulfonamides is 1. The zero-order valence-corrected chi connectivity index (χ0v) is 18.6. The Bertz CT molecular complexity index is 997. The zero-order valence-electron chi connectivity index (χ0n) is 17.0. The number of aliphatic carboxylic acids is 1. The third-order valence-electron chi connectivity index (χ3n) is 5.12. The summed E-state index contributed by atoms with van der Waals surface area (Å²) in [6, 6.07) is 9.77. The zero-order chi connectivity index (χ0) is 22.3. The molecule has 1 aliphatic heterocycles. The van der Waals surface area contributed by atoms with Gasteiger partial charge in [0.05, 0.1) is 4.90 Å². The maximum Gasteiger partial charge on any atom is 0.303 e. The molecule has 0 bridgehead atoms. The van der Waals surface area contributed by atoms with Gasteiger partial charge in [0.25, 0.3) is 0 Å². The van der Waals surface area contributed by atoms with E-state index in [2.05, 4.69) is 20.7 Å². The Kier molecular flexibility index (Phi) is 8.20. The highest BCUT2D eigenvalue weighted by atomic mass is 35.5. The van der Waals surface area contributed by atoms with Crippen LogP contribution in [0.3, 0.4) is 0 Å². The number of unbranched alkanes of at least 4 members (excludes halogenated alkanes) is 1. The fourth-order valence-corrected chi connectivity index (χ4v) is 5.02. The van der Waals surface area contributed by atoms with Crippen LogP contribution >= 0.6 is 11.6 Å². The number of carboxylic acids is 1. The van der Waals surface area contributed by atoms with E-state index < -0.39 is 16.0 Å². The first kappa shape index (κ1) is 23.4. The Labute approximate surface area is 187 Å². The van der Waals surface area contributed by atoms with Crippen molar-refractivity contribution in [1.29, 1.82) is 0 Å². The van der Waals surface area contributed by atoms with Crippen LogP contribution in [0.1, 0.15) is 31.2 Å². The molecule has 166 valence electrons. The van der Waals surface area contributed by atoms with Crippen LogP contribution in [0.15, 0.2) is 65.8 Å². The average Bonchev–Trinajstić information content (AvgIpc) is 3.08. The lowest BCUT2D eigenvalue weighted by Crippen LogP contribution is -2.37. The minimum absolute atomic E-state index is 0.0444. The Morgan fingerprint density at radius 3 is 2.74 bits per heavy atom. The van der Waals surface area contributed by atoms with E-state index in [1.807, 2.05) is 18.2 Å². The molecule has 31 heavy (non-hydrogen) atoms. The van der Waals surface area contributed by atoms with Gasteiger partial charge in [-0.2, -0.15) is 0 Å². The van der Waals surface area contributed by atoms with E-state index in [-0.39, 0.29) is 23.4 Å². The molecule has 0 saturated carbocycles. The molecule has 1 aromatic heterocycles. The van der Waals surface area contributed by atoms with Crippen molar-refractivity contribution in [3.63, 3.8) is 0 Å². The smallest absolute Gasteiger partial charge is 0.303 e. The Balaban J connectivity index is 1.68. The van der Waals surface area contributed by atoms with Crippen molar-refractivity contribution >= 4 is 27.6 Å². The minimum atomic E-state index is -3.66. The van der Waals surface area contributed by atoms with Crippen LogP contribution in [-0.4, -0.2) is 48.0 Å². The first-order chi connectivity index (χ1) is 14.8. The Morgan fingerprint density at radius 1 is 1.29 bits per heavy atom. The van der Waals surface area contributed by atoms with Gasteiger partial charge in [-0.15, -0.1) is 0 Å². The number of hydrogen-bond donors (Lipinski definition) is 2. The van der Waals surface area contributed by atoms with Gasteiger partial charge in [-0.05, 0) is 55.2 Å². The first-order valence-corrected chi connectivity index (χ1v) is 12.0. The minimum Gasteiger partial charge on any atom is -0.481 e. The maximum atomic E-state index is 12.8. The van der Waals surface area contributed by atoms with E-state index in [1.54, 1.807) is 24.5 Å². The molecule has 9 heteroatoms. The number of carbonyl (C=O) groups is 1. The van der Waals surface area contributed by atoms with Crippen molar-refractivity contribution in [1.82, 2.24) is 14.6 Å². The van der Waals surface area contributed by atoms with Crippen LogP contribution in [0.25, 0.3) is 0 Å². The SMILES string of the molecule is O=C(O)CCCC=C[C@@H]1C[C@@H](NS(=O)(=O)c2ccc(Cl)cc2)CN1Cc1cccnc1. The van der Waals surface area contributed by atoms with E-state index in [1.165, 1.54) is 12.1 Å². The quantitative estimate of drug-likeness (QED) is 0.413. The molecule has 1 aliphatic rings. The predicted molar refractivity (Wildman–Crippen MR) is 119 cm³/mol. The molecule has 0 amide bonds. The van der Waals surface area contributed by atoms with Gasteiger partial charge in [-0.1, -0.05) is 29.8 Å². The highest BCUT2D eigenvalue weighted by Crippen LogP contribution is 2.24. The van der Waals surface area contributed by atoms with Gasteiger partial charge < -0.3 is 5.11 Å². The Morgan fingerprint density at radius 2 is 2.06 bits per heavy atom. The lowest BCUT2D eigenvalue weighted by atomic mass is 10.1. The van der Waals surface area contributed by atoms with Crippen LogP contribution < -0.4 is 4.72 Å². The summed E-state index contributed by atoms with van der Waals surface area (Å²) in [7, 11) is -3.66. The van der Waals surface area contributed by atoms with Crippen molar-refractivity contribution in [2.75, 3.05) is 6.54 Å². The number of likely N-dealkylation sites (tertiary alicyclic amines) is 1. The molecule has 7 nitrogen and oxygen atoms in total. The molecule has 2 atom stereocenters. The molecule has 1 aromatic carbocycles. The number of hydrogen-bond acceptors (Lipinski definition) is 5. The van der Waals surface area contributed by atoms with Gasteiger partial charge >= 0.3 is 5.97 Å². The summed E-state index contributed by atoms with van der Waals surface area (Å²) in [5, 5.41) is 9.25. The molecule has 0 aliphatic carbocycles. The van der Waals surface area contributed by atoms with E-state index in [0.717, 1.165) is 5.56 Å². The number of rotatable bonds is 10. The third kappa shape index (κ3) is 7.14. The highest BCUT2D eigenvalue weighted by molar-refractivity contribution is 7.89. The standard InChI is InChI=1S/C22H26ClN3O4S/c23-18-8-10-21(11-9-18)31(29,30)25-19-13-20(6-2-1-3-7-22(27)28)26(16-19)15-17-5-4-12-24-14-17/h2,4-6,8-12,14,19-20,25H,1,3,7,13,15-16H2,(H,27,28)/t19-,20-/m1/s1. The fourth-order valence-electron chi connectivity index (χ4n) is 3.65. The number of benzene rings is 1. The second kappa shape index (κ2) is 10.9. The second-order valence-corrected chi connectivity index (χ2v) is 9.73. The number of halogens is 1. The number of carboxylic acid groups (broad SMARTS) is 1. The molecule has 3 rings (SSSR count). The van der Waals surface area contributed by atoms with Crippen molar-refractivity contribution in [3.8, 4) is 0 Å². The van der Waals surface area contributed by atoms with Gasteiger partial charge in [-0.25, -0.2) is 13.1 Å². The summed E-state index contributed by atoms with van der Waals surface area (Å²) < 4.78 is 28.4. The average molecular weight is 464 g/mol. The van der Waals surface area contributed by atoms with E-state index >= 15 is 0 Å². The lowest BCUT2D eigenvalue weighted by Gasteiger charge is -2.21. The van der Waals surface area contributed by atoms with E-state index in [9.17, 15) is 13.2 Å². The fraction of sp³-hybridized carbons (Fsp3) is 0.364. The van der Waals surface area contributed by atoms with Crippen molar-refractivity contribution in [2.45, 2.75) is 49.2 Å². The van der Waals surface area contributed by atoms with Gasteiger partial charge in [0, 0.05) is 49.0 Å². The molecular weight excluding hydrogens is 438 g/mol. The molecule has 0 radical (unpaired) electrons. The summed E-state index contributed by atoms with van der Waals surface area (Å²) in [6.45, 7) is 1.21. The van der Waals surface area contributed by atoms with Gasteiger partial charge in [0.15, 0.2) is 0 Å².